The van der Waals surface area contributed by atoms with Crippen molar-refractivity contribution in [3.63, 3.8) is 0 Å². The summed E-state index contributed by atoms with van der Waals surface area (Å²) in [4.78, 5) is 15.2. The molecule has 1 amide bonds. The average Bonchev–Trinajstić information content (AvgIpc) is 3.14. The summed E-state index contributed by atoms with van der Waals surface area (Å²) in [6.07, 6.45) is 2.31. The molecular formula is C16H17N3OS. The molecule has 0 radical (unpaired) electrons. The van der Waals surface area contributed by atoms with Gasteiger partial charge < -0.3 is 4.90 Å². The maximum atomic E-state index is 12.2. The number of nitrogens with zero attached hydrogens (tertiary/aromatic N) is 3. The van der Waals surface area contributed by atoms with Crippen LogP contribution in [-0.4, -0.2) is 27.6 Å². The summed E-state index contributed by atoms with van der Waals surface area (Å²) in [5.41, 5.74) is 1.08. The van der Waals surface area contributed by atoms with E-state index in [1.807, 2.05) is 53.6 Å². The van der Waals surface area contributed by atoms with Gasteiger partial charge in [0, 0.05) is 23.7 Å². The van der Waals surface area contributed by atoms with Crippen LogP contribution in [0.25, 0.3) is 10.9 Å². The van der Waals surface area contributed by atoms with Crippen molar-refractivity contribution in [1.82, 2.24) is 14.7 Å². The highest BCUT2D eigenvalue weighted by Gasteiger charge is 2.11. The summed E-state index contributed by atoms with van der Waals surface area (Å²) < 4.78 is 1.90. The van der Waals surface area contributed by atoms with Crippen molar-refractivity contribution < 1.29 is 4.79 Å². The molecule has 0 saturated heterocycles. The predicted octanol–water partition coefficient (Wildman–Crippen LogP) is 3.15. The standard InChI is InChI=1S/C16H17N3OS/c1-18(12-14-6-4-10-21-14)16(20)8-9-19-15-7-3-2-5-13(15)11-17-19/h2-7,10-11H,8-9,12H2,1H3. The quantitative estimate of drug-likeness (QED) is 0.726. The molecule has 0 fully saturated rings. The van der Waals surface area contributed by atoms with Crippen molar-refractivity contribution in [1.29, 1.82) is 0 Å². The molecule has 3 aromatic rings. The maximum Gasteiger partial charge on any atom is 0.224 e. The largest absolute Gasteiger partial charge is 0.341 e. The van der Waals surface area contributed by atoms with E-state index in [9.17, 15) is 4.79 Å². The number of aryl methyl sites for hydroxylation is 1. The lowest BCUT2D eigenvalue weighted by Gasteiger charge is -2.16. The van der Waals surface area contributed by atoms with Crippen LogP contribution in [0, 0.1) is 0 Å². The van der Waals surface area contributed by atoms with E-state index in [1.54, 1.807) is 16.2 Å². The number of aromatic nitrogens is 2. The molecule has 0 N–H and O–H groups in total. The smallest absolute Gasteiger partial charge is 0.224 e. The summed E-state index contributed by atoms with van der Waals surface area (Å²) in [6.45, 7) is 1.29. The zero-order valence-electron chi connectivity index (χ0n) is 11.9. The molecule has 0 bridgehead atoms. The molecule has 0 spiro atoms. The van der Waals surface area contributed by atoms with Crippen LogP contribution in [0.15, 0.2) is 48.0 Å². The zero-order valence-corrected chi connectivity index (χ0v) is 12.7. The van der Waals surface area contributed by atoms with Crippen LogP contribution < -0.4 is 0 Å². The first kappa shape index (κ1) is 13.8. The third kappa shape index (κ3) is 3.13. The van der Waals surface area contributed by atoms with Gasteiger partial charge in [0.05, 0.1) is 24.8 Å². The van der Waals surface area contributed by atoms with Crippen molar-refractivity contribution >= 4 is 28.1 Å². The Balaban J connectivity index is 1.60. The highest BCUT2D eigenvalue weighted by molar-refractivity contribution is 7.09. The van der Waals surface area contributed by atoms with Gasteiger partial charge in [-0.2, -0.15) is 5.10 Å². The zero-order chi connectivity index (χ0) is 14.7. The molecule has 1 aromatic carbocycles. The lowest BCUT2D eigenvalue weighted by atomic mass is 10.2. The van der Waals surface area contributed by atoms with E-state index in [2.05, 4.69) is 11.2 Å². The number of hydrogen-bond acceptors (Lipinski definition) is 3. The Morgan fingerprint density at radius 2 is 2.14 bits per heavy atom. The Morgan fingerprint density at radius 3 is 2.95 bits per heavy atom. The minimum atomic E-state index is 0.142. The number of fused-ring (bicyclic) bond motifs is 1. The molecule has 0 aliphatic heterocycles. The Hall–Kier alpha value is -2.14. The van der Waals surface area contributed by atoms with Crippen LogP contribution in [-0.2, 0) is 17.9 Å². The van der Waals surface area contributed by atoms with E-state index in [0.29, 0.717) is 19.5 Å². The Bertz CT molecular complexity index is 733. The molecule has 3 rings (SSSR count). The number of carbonyl (C=O) groups excluding carboxylic acids is 1. The van der Waals surface area contributed by atoms with E-state index >= 15 is 0 Å². The van der Waals surface area contributed by atoms with Crippen molar-refractivity contribution in [2.45, 2.75) is 19.5 Å². The SMILES string of the molecule is CN(Cc1cccs1)C(=O)CCn1ncc2ccccc21. The molecule has 2 aromatic heterocycles. The number of rotatable bonds is 5. The van der Waals surface area contributed by atoms with Crippen LogP contribution in [0.1, 0.15) is 11.3 Å². The van der Waals surface area contributed by atoms with E-state index in [4.69, 9.17) is 0 Å². The van der Waals surface area contributed by atoms with Gasteiger partial charge in [0.15, 0.2) is 0 Å². The normalized spacial score (nSPS) is 10.9. The summed E-state index contributed by atoms with van der Waals surface area (Å²) in [5, 5.41) is 7.49. The van der Waals surface area contributed by atoms with E-state index < -0.39 is 0 Å². The lowest BCUT2D eigenvalue weighted by Crippen LogP contribution is -2.26. The van der Waals surface area contributed by atoms with E-state index in [0.717, 1.165) is 10.9 Å². The molecule has 5 heteroatoms. The van der Waals surface area contributed by atoms with Crippen LogP contribution >= 0.6 is 11.3 Å². The Labute approximate surface area is 127 Å². The summed E-state index contributed by atoms with van der Waals surface area (Å²) >= 11 is 1.67. The number of amides is 1. The Kier molecular flexibility index (Phi) is 4.01. The van der Waals surface area contributed by atoms with Crippen LogP contribution in [0.5, 0.6) is 0 Å². The summed E-state index contributed by atoms with van der Waals surface area (Å²) in [5.74, 6) is 0.142. The predicted molar refractivity (Wildman–Crippen MR) is 85.1 cm³/mol. The van der Waals surface area contributed by atoms with Gasteiger partial charge in [-0.15, -0.1) is 11.3 Å². The minimum absolute atomic E-state index is 0.142. The first-order valence-corrected chi connectivity index (χ1v) is 7.79. The van der Waals surface area contributed by atoms with Crippen LogP contribution in [0.4, 0.5) is 0 Å². The molecule has 4 nitrogen and oxygen atoms in total. The number of thiophene rings is 1. The molecule has 21 heavy (non-hydrogen) atoms. The molecule has 0 unspecified atom stereocenters. The van der Waals surface area contributed by atoms with Gasteiger partial charge in [-0.25, -0.2) is 0 Å². The molecule has 2 heterocycles. The number of carbonyl (C=O) groups is 1. The molecular weight excluding hydrogens is 282 g/mol. The van der Waals surface area contributed by atoms with Crippen molar-refractivity contribution in [2.75, 3.05) is 7.05 Å². The van der Waals surface area contributed by atoms with Crippen molar-refractivity contribution in [3.05, 3.63) is 52.9 Å². The van der Waals surface area contributed by atoms with Gasteiger partial charge in [-0.1, -0.05) is 24.3 Å². The monoisotopic (exact) mass is 299 g/mol. The number of benzene rings is 1. The second-order valence-corrected chi connectivity index (χ2v) is 6.04. The second kappa shape index (κ2) is 6.10. The Morgan fingerprint density at radius 1 is 1.29 bits per heavy atom. The topological polar surface area (TPSA) is 38.1 Å². The van der Waals surface area contributed by atoms with E-state index in [1.165, 1.54) is 4.88 Å². The van der Waals surface area contributed by atoms with Gasteiger partial charge >= 0.3 is 0 Å². The third-order valence-corrected chi connectivity index (χ3v) is 4.35. The molecule has 0 atom stereocenters. The van der Waals surface area contributed by atoms with E-state index in [-0.39, 0.29) is 5.91 Å². The first-order valence-electron chi connectivity index (χ1n) is 6.91. The highest BCUT2D eigenvalue weighted by atomic mass is 32.1. The van der Waals surface area contributed by atoms with Crippen molar-refractivity contribution in [2.24, 2.45) is 0 Å². The number of hydrogen-bond donors (Lipinski definition) is 0. The van der Waals surface area contributed by atoms with Gasteiger partial charge in [0.2, 0.25) is 5.91 Å². The highest BCUT2D eigenvalue weighted by Crippen LogP contribution is 2.14. The molecule has 108 valence electrons. The van der Waals surface area contributed by atoms with Gasteiger partial charge in [-0.05, 0) is 17.5 Å². The fourth-order valence-corrected chi connectivity index (χ4v) is 3.08. The maximum absolute atomic E-state index is 12.2. The van der Waals surface area contributed by atoms with Gasteiger partial charge in [-0.3, -0.25) is 9.48 Å². The van der Waals surface area contributed by atoms with Crippen molar-refractivity contribution in [3.8, 4) is 0 Å². The van der Waals surface area contributed by atoms with Crippen LogP contribution in [0.3, 0.4) is 0 Å². The minimum Gasteiger partial charge on any atom is -0.341 e. The molecule has 0 aliphatic rings. The first-order chi connectivity index (χ1) is 10.2. The fourth-order valence-electron chi connectivity index (χ4n) is 2.32. The summed E-state index contributed by atoms with van der Waals surface area (Å²) in [6, 6.07) is 12.1. The van der Waals surface area contributed by atoms with Gasteiger partial charge in [0.25, 0.3) is 0 Å². The second-order valence-electron chi connectivity index (χ2n) is 5.01. The van der Waals surface area contributed by atoms with Gasteiger partial charge in [0.1, 0.15) is 0 Å². The number of para-hydroxylation sites is 1. The average molecular weight is 299 g/mol. The lowest BCUT2D eigenvalue weighted by molar-refractivity contribution is -0.130. The van der Waals surface area contributed by atoms with Crippen LogP contribution in [0.2, 0.25) is 0 Å². The fraction of sp³-hybridized carbons (Fsp3) is 0.250. The molecule has 0 aliphatic carbocycles. The third-order valence-electron chi connectivity index (χ3n) is 3.49. The molecule has 0 saturated carbocycles. The summed E-state index contributed by atoms with van der Waals surface area (Å²) in [7, 11) is 1.85.